The predicted molar refractivity (Wildman–Crippen MR) is 71.4 cm³/mol. The first kappa shape index (κ1) is 13.1. The van der Waals surface area contributed by atoms with Crippen LogP contribution < -0.4 is 4.74 Å². The van der Waals surface area contributed by atoms with Crippen molar-refractivity contribution < 1.29 is 9.13 Å². The minimum atomic E-state index is -0.343. The lowest BCUT2D eigenvalue weighted by Gasteiger charge is -2.07. The topological polar surface area (TPSA) is 27.1 Å². The van der Waals surface area contributed by atoms with Crippen LogP contribution in [-0.2, 0) is 13.5 Å². The molecule has 96 valence electrons. The monoisotopic (exact) mass is 312 g/mol. The molecule has 0 aliphatic rings. The zero-order valence-corrected chi connectivity index (χ0v) is 12.1. The van der Waals surface area contributed by atoms with E-state index in [1.165, 1.54) is 13.2 Å². The Balaban J connectivity index is 2.31. The Kier molecular flexibility index (Phi) is 3.71. The van der Waals surface area contributed by atoms with Crippen LogP contribution in [0.5, 0.6) is 5.75 Å². The summed E-state index contributed by atoms with van der Waals surface area (Å²) in [4.78, 5) is 4.32. The van der Waals surface area contributed by atoms with Crippen molar-refractivity contribution in [2.75, 3.05) is 7.11 Å². The van der Waals surface area contributed by atoms with Gasteiger partial charge in [0.25, 0.3) is 0 Å². The van der Waals surface area contributed by atoms with Gasteiger partial charge >= 0.3 is 0 Å². The molecule has 1 aromatic carbocycles. The molecule has 0 amide bonds. The second-order valence-corrected chi connectivity index (χ2v) is 4.85. The lowest BCUT2D eigenvalue weighted by Crippen LogP contribution is -2.00. The van der Waals surface area contributed by atoms with E-state index in [4.69, 9.17) is 4.74 Å². The summed E-state index contributed by atoms with van der Waals surface area (Å²) in [6.07, 6.45) is 0.624. The van der Waals surface area contributed by atoms with Crippen LogP contribution in [0.15, 0.2) is 22.8 Å². The molecule has 0 fully saturated rings. The number of nitrogens with zero attached hydrogens (tertiary/aromatic N) is 2. The average molecular weight is 313 g/mol. The number of benzene rings is 1. The largest absolute Gasteiger partial charge is 0.494 e. The molecule has 18 heavy (non-hydrogen) atoms. The molecule has 0 aliphatic carbocycles. The van der Waals surface area contributed by atoms with Crippen molar-refractivity contribution in [1.82, 2.24) is 9.55 Å². The van der Waals surface area contributed by atoms with Gasteiger partial charge in [0.1, 0.15) is 10.4 Å². The number of methoxy groups -OCH3 is 1. The number of aryl methyl sites for hydroxylation is 1. The molecule has 0 spiro atoms. The van der Waals surface area contributed by atoms with Gasteiger partial charge in [-0.25, -0.2) is 9.37 Å². The van der Waals surface area contributed by atoms with Gasteiger partial charge in [-0.1, -0.05) is 6.07 Å². The van der Waals surface area contributed by atoms with Gasteiger partial charge in [-0.3, -0.25) is 0 Å². The predicted octanol–water partition coefficient (Wildman–Crippen LogP) is 3.23. The summed E-state index contributed by atoms with van der Waals surface area (Å²) in [5, 5.41) is 0. The van der Waals surface area contributed by atoms with E-state index in [9.17, 15) is 4.39 Å². The fourth-order valence-corrected chi connectivity index (χ4v) is 2.48. The van der Waals surface area contributed by atoms with E-state index in [1.54, 1.807) is 6.07 Å². The number of halogens is 2. The highest BCUT2D eigenvalue weighted by Gasteiger charge is 2.11. The van der Waals surface area contributed by atoms with Crippen molar-refractivity contribution in [1.29, 1.82) is 0 Å². The van der Waals surface area contributed by atoms with Crippen LogP contribution in [0, 0.1) is 12.7 Å². The zero-order valence-electron chi connectivity index (χ0n) is 10.5. The van der Waals surface area contributed by atoms with E-state index in [0.29, 0.717) is 6.42 Å². The molecule has 1 aromatic heterocycles. The minimum Gasteiger partial charge on any atom is -0.494 e. The van der Waals surface area contributed by atoms with Crippen LogP contribution in [0.3, 0.4) is 0 Å². The number of hydrogen-bond acceptors (Lipinski definition) is 2. The van der Waals surface area contributed by atoms with Gasteiger partial charge in [0.2, 0.25) is 0 Å². The van der Waals surface area contributed by atoms with Gasteiger partial charge in [-0.2, -0.15) is 0 Å². The smallest absolute Gasteiger partial charge is 0.165 e. The Morgan fingerprint density at radius 2 is 2.17 bits per heavy atom. The summed E-state index contributed by atoms with van der Waals surface area (Å²) in [6.45, 7) is 1.93. The van der Waals surface area contributed by atoms with Crippen LogP contribution >= 0.6 is 15.9 Å². The number of hydrogen-bond donors (Lipinski definition) is 0. The van der Waals surface area contributed by atoms with E-state index in [1.807, 2.05) is 24.6 Å². The van der Waals surface area contributed by atoms with Crippen molar-refractivity contribution >= 4 is 15.9 Å². The highest BCUT2D eigenvalue weighted by atomic mass is 79.9. The third-order valence-electron chi connectivity index (χ3n) is 2.98. The standard InChI is InChI=1S/C13H14BrFN2O/c1-8-16-13(14)11(17(8)2)7-9-4-5-12(18-3)10(15)6-9/h4-6H,7H2,1-3H3. The van der Waals surface area contributed by atoms with E-state index in [-0.39, 0.29) is 11.6 Å². The minimum absolute atomic E-state index is 0.263. The number of rotatable bonds is 3. The van der Waals surface area contributed by atoms with Gasteiger partial charge in [0, 0.05) is 13.5 Å². The number of ether oxygens (including phenoxy) is 1. The third-order valence-corrected chi connectivity index (χ3v) is 3.61. The van der Waals surface area contributed by atoms with Crippen molar-refractivity contribution in [3.8, 4) is 5.75 Å². The summed E-state index contributed by atoms with van der Waals surface area (Å²) < 4.78 is 21.3. The summed E-state index contributed by atoms with van der Waals surface area (Å²) in [5.74, 6) is 0.842. The highest BCUT2D eigenvalue weighted by Crippen LogP contribution is 2.23. The fraction of sp³-hybridized carbons (Fsp3) is 0.308. The zero-order chi connectivity index (χ0) is 13.3. The number of imidazole rings is 1. The quantitative estimate of drug-likeness (QED) is 0.870. The Morgan fingerprint density at radius 1 is 1.44 bits per heavy atom. The molecular weight excluding hydrogens is 299 g/mol. The normalized spacial score (nSPS) is 10.7. The van der Waals surface area contributed by atoms with Crippen molar-refractivity contribution in [3.05, 3.63) is 45.7 Å². The lowest BCUT2D eigenvalue weighted by molar-refractivity contribution is 0.386. The fourth-order valence-electron chi connectivity index (χ4n) is 1.82. The van der Waals surface area contributed by atoms with E-state index in [0.717, 1.165) is 21.7 Å². The number of aromatic nitrogens is 2. The van der Waals surface area contributed by atoms with Gasteiger partial charge in [0.05, 0.1) is 12.8 Å². The van der Waals surface area contributed by atoms with Crippen molar-refractivity contribution in [3.63, 3.8) is 0 Å². The van der Waals surface area contributed by atoms with Gasteiger partial charge in [-0.05, 0) is 40.5 Å². The van der Waals surface area contributed by atoms with Gasteiger partial charge < -0.3 is 9.30 Å². The molecule has 0 saturated carbocycles. The molecule has 3 nitrogen and oxygen atoms in total. The summed E-state index contributed by atoms with van der Waals surface area (Å²) in [6, 6.07) is 4.99. The van der Waals surface area contributed by atoms with Crippen LogP contribution in [0.1, 0.15) is 17.1 Å². The SMILES string of the molecule is COc1ccc(Cc2c(Br)nc(C)n2C)cc1F. The Hall–Kier alpha value is -1.36. The molecule has 0 N–H and O–H groups in total. The third kappa shape index (κ3) is 2.41. The van der Waals surface area contributed by atoms with Crippen molar-refractivity contribution in [2.24, 2.45) is 7.05 Å². The van der Waals surface area contributed by atoms with E-state index < -0.39 is 0 Å². The van der Waals surface area contributed by atoms with Crippen LogP contribution in [0.25, 0.3) is 0 Å². The second-order valence-electron chi connectivity index (χ2n) is 4.10. The molecule has 0 aliphatic heterocycles. The average Bonchev–Trinajstić information content (AvgIpc) is 2.56. The first-order valence-corrected chi connectivity index (χ1v) is 6.32. The van der Waals surface area contributed by atoms with Crippen molar-refractivity contribution in [2.45, 2.75) is 13.3 Å². The molecule has 0 radical (unpaired) electrons. The molecule has 5 heteroatoms. The molecule has 0 saturated heterocycles. The molecule has 1 heterocycles. The lowest BCUT2D eigenvalue weighted by atomic mass is 10.1. The van der Waals surface area contributed by atoms with Crippen LogP contribution in [0.2, 0.25) is 0 Å². The first-order valence-electron chi connectivity index (χ1n) is 5.53. The maximum absolute atomic E-state index is 13.6. The Labute approximate surface area is 114 Å². The van der Waals surface area contributed by atoms with E-state index >= 15 is 0 Å². The summed E-state index contributed by atoms with van der Waals surface area (Å²) >= 11 is 3.42. The first-order chi connectivity index (χ1) is 8.52. The van der Waals surface area contributed by atoms with E-state index in [2.05, 4.69) is 20.9 Å². The maximum atomic E-state index is 13.6. The second kappa shape index (κ2) is 5.10. The highest BCUT2D eigenvalue weighted by molar-refractivity contribution is 9.10. The maximum Gasteiger partial charge on any atom is 0.165 e. The van der Waals surface area contributed by atoms with Gasteiger partial charge in [0.15, 0.2) is 11.6 Å². The van der Waals surface area contributed by atoms with Crippen LogP contribution in [0.4, 0.5) is 4.39 Å². The van der Waals surface area contributed by atoms with Crippen LogP contribution in [-0.4, -0.2) is 16.7 Å². The molecular formula is C13H14BrFN2O. The Bertz CT molecular complexity index is 581. The summed E-state index contributed by atoms with van der Waals surface area (Å²) in [5.41, 5.74) is 1.91. The van der Waals surface area contributed by atoms with Gasteiger partial charge in [-0.15, -0.1) is 0 Å². The molecule has 2 aromatic rings. The Morgan fingerprint density at radius 3 is 2.67 bits per heavy atom. The molecule has 0 atom stereocenters. The molecule has 0 unspecified atom stereocenters. The summed E-state index contributed by atoms with van der Waals surface area (Å²) in [7, 11) is 3.40. The molecule has 0 bridgehead atoms. The molecule has 2 rings (SSSR count).